The lowest BCUT2D eigenvalue weighted by Crippen LogP contribution is -2.34. The summed E-state index contributed by atoms with van der Waals surface area (Å²) >= 11 is 0. The highest BCUT2D eigenvalue weighted by Gasteiger charge is 2.27. The number of carboxylic acids is 1. The summed E-state index contributed by atoms with van der Waals surface area (Å²) in [4.78, 5) is 33.5. The van der Waals surface area contributed by atoms with E-state index in [-0.39, 0.29) is 13.0 Å². The molecule has 11 heteroatoms. The molecule has 0 saturated heterocycles. The van der Waals surface area contributed by atoms with Gasteiger partial charge < -0.3 is 25.2 Å². The maximum atomic E-state index is 12.6. The molecule has 0 bridgehead atoms. The molecule has 0 aromatic rings. The Balaban J connectivity index is 4.26. The third-order valence-electron chi connectivity index (χ3n) is 9.42. The van der Waals surface area contributed by atoms with E-state index in [2.05, 4.69) is 50.3 Å². The molecule has 0 aromatic carbocycles. The highest BCUT2D eigenvalue weighted by molar-refractivity contribution is 7.47. The molecule has 0 aromatic heterocycles. The third kappa shape index (κ3) is 40.2. The van der Waals surface area contributed by atoms with E-state index in [1.54, 1.807) is 0 Å². The van der Waals surface area contributed by atoms with Gasteiger partial charge in [-0.25, -0.2) is 4.57 Å². The first-order valence-electron chi connectivity index (χ1n) is 22.0. The minimum absolute atomic E-state index is 0.00421. The van der Waals surface area contributed by atoms with E-state index < -0.39 is 45.1 Å². The molecule has 0 aliphatic carbocycles. The third-order valence-corrected chi connectivity index (χ3v) is 10.4. The van der Waals surface area contributed by atoms with Crippen molar-refractivity contribution in [1.29, 1.82) is 0 Å². The molecule has 55 heavy (non-hydrogen) atoms. The van der Waals surface area contributed by atoms with E-state index in [0.29, 0.717) is 13.0 Å². The van der Waals surface area contributed by atoms with Gasteiger partial charge in [-0.15, -0.1) is 0 Å². The van der Waals surface area contributed by atoms with Gasteiger partial charge in [0.2, 0.25) is 0 Å². The number of rotatable bonds is 42. The lowest BCUT2D eigenvalue weighted by molar-refractivity contribution is -0.154. The average Bonchev–Trinajstić information content (AvgIpc) is 3.16. The zero-order valence-electron chi connectivity index (χ0n) is 35.0. The Labute approximate surface area is 336 Å². The zero-order valence-corrected chi connectivity index (χ0v) is 35.9. The van der Waals surface area contributed by atoms with E-state index in [4.69, 9.17) is 29.4 Å². The Morgan fingerprint density at radius 2 is 1.00 bits per heavy atom. The fourth-order valence-electron chi connectivity index (χ4n) is 5.96. The molecule has 0 amide bonds. The van der Waals surface area contributed by atoms with Crippen molar-refractivity contribution in [3.05, 3.63) is 36.5 Å². The van der Waals surface area contributed by atoms with Crippen LogP contribution in [-0.4, -0.2) is 60.5 Å². The predicted octanol–water partition coefficient (Wildman–Crippen LogP) is 12.1. The Kier molecular flexibility index (Phi) is 39.1. The first-order chi connectivity index (χ1) is 26.7. The smallest absolute Gasteiger partial charge is 0.472 e. The highest BCUT2D eigenvalue weighted by atomic mass is 31.2. The zero-order chi connectivity index (χ0) is 40.5. The molecular weight excluding hydrogens is 717 g/mol. The van der Waals surface area contributed by atoms with Crippen LogP contribution >= 0.6 is 7.82 Å². The number of carbonyl (C=O) groups is 2. The normalized spacial score (nSPS) is 14.3. The Hall–Kier alpha value is -1.81. The van der Waals surface area contributed by atoms with Crippen LogP contribution in [0.25, 0.3) is 0 Å². The molecule has 0 rings (SSSR count). The second-order valence-corrected chi connectivity index (χ2v) is 16.3. The number of ether oxygens (including phenoxy) is 2. The van der Waals surface area contributed by atoms with E-state index in [1.807, 2.05) is 0 Å². The molecule has 322 valence electrons. The van der Waals surface area contributed by atoms with E-state index in [1.165, 1.54) is 116 Å². The molecular formula is C44H82NO9P. The van der Waals surface area contributed by atoms with Crippen LogP contribution in [0.1, 0.15) is 194 Å². The molecule has 4 N–H and O–H groups in total. The minimum atomic E-state index is -4.62. The molecule has 10 nitrogen and oxygen atoms in total. The molecule has 0 fully saturated rings. The lowest BCUT2D eigenvalue weighted by atomic mass is 10.0. The molecule has 0 aliphatic rings. The van der Waals surface area contributed by atoms with Gasteiger partial charge in [0.25, 0.3) is 0 Å². The Morgan fingerprint density at radius 1 is 0.582 bits per heavy atom. The number of unbranched alkanes of at least 4 members (excludes halogenated alkanes) is 22. The number of phosphoric acid groups is 1. The first kappa shape index (κ1) is 53.2. The van der Waals surface area contributed by atoms with Crippen molar-refractivity contribution >= 4 is 19.8 Å². The number of allylic oxidation sites excluding steroid dienone is 6. The maximum absolute atomic E-state index is 12.6. The van der Waals surface area contributed by atoms with Crippen molar-refractivity contribution in [3.8, 4) is 0 Å². The molecule has 3 atom stereocenters. The number of hydrogen-bond acceptors (Lipinski definition) is 8. The molecule has 0 spiro atoms. The SMILES string of the molecule is CCCCC/C=C\C/C=C\C/C=C\CCCCC(=O)O[C@H](COCCCCCCCCCCCCCCCCCCCC)COP(=O)(O)OC[C@H](N)C(=O)O. The van der Waals surface area contributed by atoms with Crippen molar-refractivity contribution in [1.82, 2.24) is 0 Å². The van der Waals surface area contributed by atoms with Gasteiger partial charge in [0.15, 0.2) is 0 Å². The topological polar surface area (TPSA) is 155 Å². The largest absolute Gasteiger partial charge is 0.480 e. The molecule has 0 radical (unpaired) electrons. The van der Waals surface area contributed by atoms with Crippen LogP contribution in [0, 0.1) is 0 Å². The van der Waals surface area contributed by atoms with Crippen LogP contribution in [0.15, 0.2) is 36.5 Å². The van der Waals surface area contributed by atoms with Crippen molar-refractivity contribution in [2.24, 2.45) is 5.73 Å². The number of nitrogens with two attached hydrogens (primary N) is 1. The summed E-state index contributed by atoms with van der Waals surface area (Å²) in [6.07, 6.45) is 44.9. The van der Waals surface area contributed by atoms with Gasteiger partial charge in [0.05, 0.1) is 19.8 Å². The second-order valence-electron chi connectivity index (χ2n) is 14.8. The van der Waals surface area contributed by atoms with Crippen molar-refractivity contribution in [2.75, 3.05) is 26.4 Å². The quantitative estimate of drug-likeness (QED) is 0.0235. The van der Waals surface area contributed by atoms with Crippen LogP contribution in [0.4, 0.5) is 0 Å². The minimum Gasteiger partial charge on any atom is -0.480 e. The van der Waals surface area contributed by atoms with Crippen molar-refractivity contribution < 1.29 is 42.7 Å². The Morgan fingerprint density at radius 3 is 1.49 bits per heavy atom. The monoisotopic (exact) mass is 800 g/mol. The predicted molar refractivity (Wildman–Crippen MR) is 226 cm³/mol. The van der Waals surface area contributed by atoms with Crippen molar-refractivity contribution in [2.45, 2.75) is 206 Å². The lowest BCUT2D eigenvalue weighted by Gasteiger charge is -2.20. The van der Waals surface area contributed by atoms with Gasteiger partial charge in [-0.05, 0) is 51.4 Å². The van der Waals surface area contributed by atoms with Gasteiger partial charge >= 0.3 is 19.8 Å². The Bertz CT molecular complexity index is 1020. The number of carboxylic acid groups (broad SMARTS) is 1. The number of phosphoric ester groups is 1. The average molecular weight is 800 g/mol. The summed E-state index contributed by atoms with van der Waals surface area (Å²) in [7, 11) is -4.62. The second kappa shape index (κ2) is 40.4. The first-order valence-corrected chi connectivity index (χ1v) is 23.5. The summed E-state index contributed by atoms with van der Waals surface area (Å²) in [6.45, 7) is 3.82. The van der Waals surface area contributed by atoms with Crippen LogP contribution in [0.3, 0.4) is 0 Å². The summed E-state index contributed by atoms with van der Waals surface area (Å²) in [5, 5.41) is 8.89. The van der Waals surface area contributed by atoms with Gasteiger partial charge in [-0.3, -0.25) is 18.6 Å². The fraction of sp³-hybridized carbons (Fsp3) is 0.818. The summed E-state index contributed by atoms with van der Waals surface area (Å²) in [6, 6.07) is -1.48. The molecule has 1 unspecified atom stereocenters. The van der Waals surface area contributed by atoms with Crippen molar-refractivity contribution in [3.63, 3.8) is 0 Å². The van der Waals surface area contributed by atoms with Crippen LogP contribution < -0.4 is 5.73 Å². The number of esters is 1. The molecule has 0 aliphatic heterocycles. The van der Waals surface area contributed by atoms with Gasteiger partial charge in [-0.2, -0.15) is 0 Å². The summed E-state index contributed by atoms with van der Waals surface area (Å²) in [5.74, 6) is -1.81. The number of aliphatic carboxylic acids is 1. The van der Waals surface area contributed by atoms with E-state index >= 15 is 0 Å². The molecule has 0 saturated carbocycles. The van der Waals surface area contributed by atoms with Gasteiger partial charge in [0.1, 0.15) is 12.1 Å². The van der Waals surface area contributed by atoms with Gasteiger partial charge in [0, 0.05) is 13.0 Å². The maximum Gasteiger partial charge on any atom is 0.472 e. The standard InChI is InChI=1S/C44H82NO9P/c1-3-5-7-9-11-13-15-17-19-20-21-23-25-27-29-31-33-35-37-51-38-41(39-52-55(49,50)53-40-42(45)44(47)48)54-43(46)36-34-32-30-28-26-24-22-18-16-14-12-10-8-6-4-2/h12,14,18,22,26,28,41-42H,3-11,13,15-17,19-21,23-25,27,29-40,45H2,1-2H3,(H,47,48)(H,49,50)/b14-12-,22-18-,28-26-/t41-,42+/m1/s1. The van der Waals surface area contributed by atoms with Crippen LogP contribution in [0.5, 0.6) is 0 Å². The van der Waals surface area contributed by atoms with Crippen LogP contribution in [0.2, 0.25) is 0 Å². The fourth-order valence-corrected chi connectivity index (χ4v) is 6.74. The number of hydrogen-bond donors (Lipinski definition) is 3. The highest BCUT2D eigenvalue weighted by Crippen LogP contribution is 2.43. The summed E-state index contributed by atoms with van der Waals surface area (Å²) < 4.78 is 33.3. The molecule has 0 heterocycles. The van der Waals surface area contributed by atoms with Crippen LogP contribution in [-0.2, 0) is 32.7 Å². The van der Waals surface area contributed by atoms with E-state index in [9.17, 15) is 19.0 Å². The van der Waals surface area contributed by atoms with E-state index in [0.717, 1.165) is 51.4 Å². The number of carbonyl (C=O) groups excluding carboxylic acids is 1. The summed E-state index contributed by atoms with van der Waals surface area (Å²) in [5.41, 5.74) is 5.35. The van der Waals surface area contributed by atoms with Gasteiger partial charge in [-0.1, -0.05) is 172 Å².